The topological polar surface area (TPSA) is 80.0 Å². The smallest absolute Gasteiger partial charge is 0.319 e. The molecule has 3 aromatic rings. The Balaban J connectivity index is 1.69. The number of anilines is 1. The molecule has 3 rings (SSSR count). The minimum Gasteiger partial charge on any atom is -0.339 e. The number of carbonyl (C=O) groups is 1. The van der Waals surface area contributed by atoms with Crippen LogP contribution in [0.3, 0.4) is 0 Å². The van der Waals surface area contributed by atoms with Gasteiger partial charge in [-0.2, -0.15) is 4.98 Å². The van der Waals surface area contributed by atoms with Crippen LogP contribution in [-0.2, 0) is 6.42 Å². The van der Waals surface area contributed by atoms with Gasteiger partial charge in [0.1, 0.15) is 0 Å². The maximum atomic E-state index is 11.9. The molecule has 1 heterocycles. The molecule has 0 bridgehead atoms. The number of amides is 2. The highest BCUT2D eigenvalue weighted by Crippen LogP contribution is 2.23. The minimum absolute atomic E-state index is 0.233. The van der Waals surface area contributed by atoms with Crippen LogP contribution in [0.1, 0.15) is 25.3 Å². The summed E-state index contributed by atoms with van der Waals surface area (Å²) in [5, 5.41) is 9.70. The normalized spacial score (nSPS) is 10.8. The van der Waals surface area contributed by atoms with Crippen LogP contribution in [0.4, 0.5) is 10.5 Å². The highest BCUT2D eigenvalue weighted by Gasteiger charge is 2.12. The molecule has 0 aliphatic carbocycles. The fourth-order valence-corrected chi connectivity index (χ4v) is 2.88. The predicted octanol–water partition coefficient (Wildman–Crippen LogP) is 4.87. The number of benzene rings is 2. The Hall–Kier alpha value is -2.67. The largest absolute Gasteiger partial charge is 0.339 e. The number of aromatic nitrogens is 2. The van der Waals surface area contributed by atoms with Crippen LogP contribution in [0.5, 0.6) is 0 Å². The van der Waals surface area contributed by atoms with Crippen LogP contribution in [0.25, 0.3) is 11.4 Å². The monoisotopic (exact) mass is 428 g/mol. The van der Waals surface area contributed by atoms with Crippen LogP contribution in [0.15, 0.2) is 57.5 Å². The Morgan fingerprint density at radius 1 is 1.19 bits per heavy atom. The number of rotatable bonds is 6. The molecule has 0 unspecified atom stereocenters. The Morgan fingerprint density at radius 3 is 2.78 bits per heavy atom. The van der Waals surface area contributed by atoms with Crippen LogP contribution in [0, 0.1) is 5.92 Å². The summed E-state index contributed by atoms with van der Waals surface area (Å²) in [6.07, 6.45) is 0.546. The molecule has 27 heavy (non-hydrogen) atoms. The summed E-state index contributed by atoms with van der Waals surface area (Å²) in [4.78, 5) is 16.4. The molecular formula is C20H21BrN4O2. The number of urea groups is 1. The van der Waals surface area contributed by atoms with E-state index in [-0.39, 0.29) is 6.03 Å². The summed E-state index contributed by atoms with van der Waals surface area (Å²) >= 11 is 3.52. The molecule has 1 aromatic heterocycles. The second kappa shape index (κ2) is 8.81. The van der Waals surface area contributed by atoms with E-state index in [0.29, 0.717) is 36.3 Å². The van der Waals surface area contributed by atoms with E-state index in [1.54, 1.807) is 0 Å². The molecule has 0 saturated heterocycles. The summed E-state index contributed by atoms with van der Waals surface area (Å²) in [5.74, 6) is 1.41. The zero-order valence-electron chi connectivity index (χ0n) is 15.2. The van der Waals surface area contributed by atoms with E-state index in [1.807, 2.05) is 62.4 Å². The molecule has 0 aliphatic heterocycles. The second-order valence-electron chi connectivity index (χ2n) is 6.59. The van der Waals surface area contributed by atoms with Gasteiger partial charge in [-0.15, -0.1) is 0 Å². The average molecular weight is 429 g/mol. The first kappa shape index (κ1) is 19.1. The van der Waals surface area contributed by atoms with Gasteiger partial charge in [0.15, 0.2) is 0 Å². The van der Waals surface area contributed by atoms with Crippen molar-refractivity contribution in [1.29, 1.82) is 0 Å². The van der Waals surface area contributed by atoms with E-state index in [4.69, 9.17) is 4.52 Å². The lowest BCUT2D eigenvalue weighted by Crippen LogP contribution is -2.31. The fourth-order valence-electron chi connectivity index (χ4n) is 2.46. The van der Waals surface area contributed by atoms with Gasteiger partial charge in [-0.05, 0) is 29.7 Å². The second-order valence-corrected chi connectivity index (χ2v) is 7.44. The highest BCUT2D eigenvalue weighted by atomic mass is 79.9. The number of hydrogen-bond acceptors (Lipinski definition) is 4. The van der Waals surface area contributed by atoms with Crippen molar-refractivity contribution in [2.45, 2.75) is 20.3 Å². The number of carbonyl (C=O) groups excluding carboxylic acids is 1. The first-order valence-electron chi connectivity index (χ1n) is 8.72. The molecule has 0 radical (unpaired) electrons. The van der Waals surface area contributed by atoms with Gasteiger partial charge < -0.3 is 15.2 Å². The summed E-state index contributed by atoms with van der Waals surface area (Å²) in [6, 6.07) is 15.0. The number of nitrogens with one attached hydrogen (secondary N) is 2. The maximum absolute atomic E-state index is 11.9. The molecule has 7 heteroatoms. The summed E-state index contributed by atoms with van der Waals surface area (Å²) in [5.41, 5.74) is 2.52. The highest BCUT2D eigenvalue weighted by molar-refractivity contribution is 9.10. The van der Waals surface area contributed by atoms with Crippen LogP contribution in [-0.4, -0.2) is 22.7 Å². The number of halogens is 1. The van der Waals surface area contributed by atoms with Crippen LogP contribution in [0.2, 0.25) is 0 Å². The average Bonchev–Trinajstić information content (AvgIpc) is 3.11. The standard InChI is InChI=1S/C20H21BrN4O2/c1-13(2)12-22-20(26)23-16-8-5-7-15(10-16)19-24-18(27-25-19)11-14-6-3-4-9-17(14)21/h3-10,13H,11-12H2,1-2H3,(H2,22,23,26). The fraction of sp³-hybridized carbons (Fsp3) is 0.250. The lowest BCUT2D eigenvalue weighted by molar-refractivity contribution is 0.251. The quantitative estimate of drug-likeness (QED) is 0.586. The zero-order valence-corrected chi connectivity index (χ0v) is 16.8. The van der Waals surface area contributed by atoms with Crippen molar-refractivity contribution in [3.8, 4) is 11.4 Å². The lowest BCUT2D eigenvalue weighted by atomic mass is 10.1. The Kier molecular flexibility index (Phi) is 6.24. The van der Waals surface area contributed by atoms with Crippen molar-refractivity contribution < 1.29 is 9.32 Å². The predicted molar refractivity (Wildman–Crippen MR) is 109 cm³/mol. The van der Waals surface area contributed by atoms with Gasteiger partial charge in [-0.1, -0.05) is 65.3 Å². The molecule has 140 valence electrons. The molecule has 0 saturated carbocycles. The van der Waals surface area contributed by atoms with E-state index >= 15 is 0 Å². The molecule has 0 atom stereocenters. The van der Waals surface area contributed by atoms with Crippen LogP contribution >= 0.6 is 15.9 Å². The van der Waals surface area contributed by atoms with Crippen molar-refractivity contribution in [2.24, 2.45) is 5.92 Å². The molecule has 2 N–H and O–H groups in total. The van der Waals surface area contributed by atoms with Crippen LogP contribution < -0.4 is 10.6 Å². The third kappa shape index (κ3) is 5.40. The van der Waals surface area contributed by atoms with Gasteiger partial charge >= 0.3 is 6.03 Å². The molecule has 0 fully saturated rings. The van der Waals surface area contributed by atoms with Gasteiger partial charge in [-0.25, -0.2) is 4.79 Å². The van der Waals surface area contributed by atoms with Gasteiger partial charge in [0.05, 0.1) is 6.42 Å². The maximum Gasteiger partial charge on any atom is 0.319 e. The number of nitrogens with zero attached hydrogens (tertiary/aromatic N) is 2. The minimum atomic E-state index is -0.233. The van der Waals surface area contributed by atoms with E-state index in [1.165, 1.54) is 0 Å². The summed E-state index contributed by atoms with van der Waals surface area (Å²) in [6.45, 7) is 4.71. The van der Waals surface area contributed by atoms with Gasteiger partial charge in [0, 0.05) is 22.3 Å². The SMILES string of the molecule is CC(C)CNC(=O)Nc1cccc(-c2noc(Cc3ccccc3Br)n2)c1. The van der Waals surface area contributed by atoms with Crippen molar-refractivity contribution in [1.82, 2.24) is 15.5 Å². The summed E-state index contributed by atoms with van der Waals surface area (Å²) in [7, 11) is 0. The Bertz CT molecular complexity index is 924. The summed E-state index contributed by atoms with van der Waals surface area (Å²) < 4.78 is 6.39. The van der Waals surface area contributed by atoms with Gasteiger partial charge in [-0.3, -0.25) is 0 Å². The van der Waals surface area contributed by atoms with Crippen molar-refractivity contribution in [3.05, 3.63) is 64.5 Å². The van der Waals surface area contributed by atoms with Crippen molar-refractivity contribution in [2.75, 3.05) is 11.9 Å². The molecule has 6 nitrogen and oxygen atoms in total. The molecule has 2 amide bonds. The number of hydrogen-bond donors (Lipinski definition) is 2. The van der Waals surface area contributed by atoms with E-state index in [0.717, 1.165) is 15.6 Å². The Morgan fingerprint density at radius 2 is 2.00 bits per heavy atom. The van der Waals surface area contributed by atoms with E-state index in [2.05, 4.69) is 36.7 Å². The lowest BCUT2D eigenvalue weighted by Gasteiger charge is -2.09. The molecule has 0 aliphatic rings. The third-order valence-corrected chi connectivity index (χ3v) is 4.59. The first-order chi connectivity index (χ1) is 13.0. The Labute approximate surface area is 166 Å². The zero-order chi connectivity index (χ0) is 19.2. The molecular weight excluding hydrogens is 408 g/mol. The van der Waals surface area contributed by atoms with Gasteiger partial charge in [0.25, 0.3) is 0 Å². The molecule has 0 spiro atoms. The third-order valence-electron chi connectivity index (χ3n) is 3.82. The van der Waals surface area contributed by atoms with Gasteiger partial charge in [0.2, 0.25) is 11.7 Å². The van der Waals surface area contributed by atoms with Crippen molar-refractivity contribution >= 4 is 27.6 Å². The van der Waals surface area contributed by atoms with E-state index < -0.39 is 0 Å². The molecule has 2 aromatic carbocycles. The van der Waals surface area contributed by atoms with E-state index in [9.17, 15) is 4.79 Å². The first-order valence-corrected chi connectivity index (χ1v) is 9.52. The van der Waals surface area contributed by atoms with Crippen molar-refractivity contribution in [3.63, 3.8) is 0 Å².